The zero-order chi connectivity index (χ0) is 27.2. The molecule has 0 unspecified atom stereocenters. The molecule has 0 radical (unpaired) electrons. The van der Waals surface area contributed by atoms with Crippen molar-refractivity contribution in [2.24, 2.45) is 0 Å². The molecule has 0 aliphatic carbocycles. The van der Waals surface area contributed by atoms with Crippen LogP contribution in [0.25, 0.3) is 21.5 Å². The minimum Gasteiger partial charge on any atom is -0.507 e. The summed E-state index contributed by atoms with van der Waals surface area (Å²) in [5.41, 5.74) is 1.34. The first-order valence-corrected chi connectivity index (χ1v) is 13.2. The van der Waals surface area contributed by atoms with Gasteiger partial charge in [0.15, 0.2) is 0 Å². The molecule has 0 saturated heterocycles. The van der Waals surface area contributed by atoms with Crippen molar-refractivity contribution < 1.29 is 29.2 Å². The number of benzene rings is 4. The Bertz CT molecular complexity index is 1310. The lowest BCUT2D eigenvalue weighted by Crippen LogP contribution is -2.06. The van der Waals surface area contributed by atoms with Gasteiger partial charge in [-0.1, -0.05) is 63.3 Å². The van der Waals surface area contributed by atoms with Crippen LogP contribution in [0.1, 0.15) is 62.5 Å². The normalized spacial score (nSPS) is 11.3. The molecule has 6 nitrogen and oxygen atoms in total. The monoisotopic (exact) mass is 518 g/mol. The number of rotatable bonds is 12. The molecule has 0 aromatic heterocycles. The van der Waals surface area contributed by atoms with Gasteiger partial charge >= 0.3 is 0 Å². The summed E-state index contributed by atoms with van der Waals surface area (Å²) >= 11 is 0. The number of ether oxygens (including phenoxy) is 4. The molecule has 202 valence electrons. The van der Waals surface area contributed by atoms with Gasteiger partial charge in [0, 0.05) is 27.8 Å². The van der Waals surface area contributed by atoms with Crippen molar-refractivity contribution >= 4 is 21.5 Å². The number of hydrogen-bond acceptors (Lipinski definition) is 6. The molecule has 0 bridgehead atoms. The van der Waals surface area contributed by atoms with Crippen molar-refractivity contribution in [3.63, 3.8) is 0 Å². The average molecular weight is 519 g/mol. The second-order valence-corrected chi connectivity index (χ2v) is 9.55. The van der Waals surface area contributed by atoms with E-state index in [1.807, 2.05) is 48.5 Å². The van der Waals surface area contributed by atoms with E-state index in [0.29, 0.717) is 44.9 Å². The number of hydrogen-bond donors (Lipinski definition) is 2. The predicted molar refractivity (Wildman–Crippen MR) is 153 cm³/mol. The highest BCUT2D eigenvalue weighted by atomic mass is 16.5. The van der Waals surface area contributed by atoms with E-state index in [1.165, 1.54) is 6.42 Å². The third-order valence-corrected chi connectivity index (χ3v) is 7.40. The summed E-state index contributed by atoms with van der Waals surface area (Å²) in [6.45, 7) is 2.20. The van der Waals surface area contributed by atoms with E-state index < -0.39 is 0 Å². The number of aromatic hydroxyl groups is 2. The van der Waals surface area contributed by atoms with E-state index in [2.05, 4.69) is 6.92 Å². The molecule has 0 aliphatic heterocycles. The maximum Gasteiger partial charge on any atom is 0.131 e. The molecule has 4 rings (SSSR count). The average Bonchev–Trinajstić information content (AvgIpc) is 2.95. The fraction of sp³-hybridized carbons (Fsp3) is 0.375. The van der Waals surface area contributed by atoms with E-state index in [0.717, 1.165) is 42.9 Å². The molecule has 0 heterocycles. The SMILES string of the molecule is CCCCCCCC(c1cc(OC)c2cccc(OC)c2c1O)c1cc(OC)c2cccc(OC)c2c1O. The quantitative estimate of drug-likeness (QED) is 0.185. The van der Waals surface area contributed by atoms with Gasteiger partial charge in [-0.05, 0) is 30.7 Å². The Morgan fingerprint density at radius 1 is 0.605 bits per heavy atom. The maximum absolute atomic E-state index is 11.7. The molecule has 6 heteroatoms. The van der Waals surface area contributed by atoms with Gasteiger partial charge in [0.25, 0.3) is 0 Å². The summed E-state index contributed by atoms with van der Waals surface area (Å²) in [6.07, 6.45) is 6.21. The Morgan fingerprint density at radius 2 is 1.05 bits per heavy atom. The van der Waals surface area contributed by atoms with Crippen molar-refractivity contribution in [1.29, 1.82) is 0 Å². The smallest absolute Gasteiger partial charge is 0.131 e. The fourth-order valence-corrected chi connectivity index (χ4v) is 5.46. The van der Waals surface area contributed by atoms with Gasteiger partial charge in [-0.25, -0.2) is 0 Å². The van der Waals surface area contributed by atoms with Gasteiger partial charge in [-0.2, -0.15) is 0 Å². The van der Waals surface area contributed by atoms with Crippen LogP contribution in [0.15, 0.2) is 48.5 Å². The number of methoxy groups -OCH3 is 4. The Kier molecular flexibility index (Phi) is 8.72. The van der Waals surface area contributed by atoms with Crippen molar-refractivity contribution in [2.75, 3.05) is 28.4 Å². The van der Waals surface area contributed by atoms with Crippen molar-refractivity contribution in [1.82, 2.24) is 0 Å². The zero-order valence-electron chi connectivity index (χ0n) is 23.0. The first-order chi connectivity index (χ1) is 18.5. The van der Waals surface area contributed by atoms with Gasteiger partial charge in [-0.3, -0.25) is 0 Å². The molecule has 0 aliphatic rings. The van der Waals surface area contributed by atoms with E-state index in [9.17, 15) is 10.2 Å². The Hall–Kier alpha value is -3.80. The van der Waals surface area contributed by atoms with Gasteiger partial charge in [0.2, 0.25) is 0 Å². The molecule has 2 N–H and O–H groups in total. The summed E-state index contributed by atoms with van der Waals surface area (Å²) < 4.78 is 22.8. The first kappa shape index (κ1) is 27.2. The summed E-state index contributed by atoms with van der Waals surface area (Å²) in [5, 5.41) is 26.1. The Morgan fingerprint density at radius 3 is 1.47 bits per heavy atom. The van der Waals surface area contributed by atoms with Crippen LogP contribution in [0.4, 0.5) is 0 Å². The van der Waals surface area contributed by atoms with Crippen LogP contribution in [0, 0.1) is 0 Å². The lowest BCUT2D eigenvalue weighted by molar-refractivity contribution is 0.404. The standard InChI is InChI=1S/C32H38O6/c1-6-7-8-9-10-13-20(23-18-27(37-4)21-14-11-16-25(35-2)29(21)31(23)33)24-19-28(38-5)22-15-12-17-26(36-3)30(22)32(24)34/h11-12,14-20,33-34H,6-10,13H2,1-5H3. The van der Waals surface area contributed by atoms with E-state index in [1.54, 1.807) is 28.4 Å². The van der Waals surface area contributed by atoms with Crippen LogP contribution in [-0.2, 0) is 0 Å². The third-order valence-electron chi connectivity index (χ3n) is 7.40. The second kappa shape index (κ2) is 12.2. The Balaban J connectivity index is 1.99. The summed E-state index contributed by atoms with van der Waals surface area (Å²) in [6, 6.07) is 15.0. The lowest BCUT2D eigenvalue weighted by Gasteiger charge is -2.24. The van der Waals surface area contributed by atoms with Crippen LogP contribution >= 0.6 is 0 Å². The summed E-state index contributed by atoms with van der Waals surface area (Å²) in [5.74, 6) is 2.29. The van der Waals surface area contributed by atoms with Crippen LogP contribution in [-0.4, -0.2) is 38.7 Å². The minimum atomic E-state index is -0.331. The Labute approximate surface area is 224 Å². The van der Waals surface area contributed by atoms with Crippen molar-refractivity contribution in [2.45, 2.75) is 51.4 Å². The van der Waals surface area contributed by atoms with Gasteiger partial charge in [0.05, 0.1) is 39.2 Å². The highest BCUT2D eigenvalue weighted by Crippen LogP contribution is 2.51. The largest absolute Gasteiger partial charge is 0.507 e. The highest BCUT2D eigenvalue weighted by Gasteiger charge is 2.28. The number of unbranched alkanes of at least 4 members (excludes halogenated alkanes) is 4. The van der Waals surface area contributed by atoms with Crippen LogP contribution < -0.4 is 18.9 Å². The molecular weight excluding hydrogens is 480 g/mol. The molecule has 0 saturated carbocycles. The maximum atomic E-state index is 11.7. The van der Waals surface area contributed by atoms with E-state index >= 15 is 0 Å². The van der Waals surface area contributed by atoms with Crippen LogP contribution in [0.2, 0.25) is 0 Å². The second-order valence-electron chi connectivity index (χ2n) is 9.55. The topological polar surface area (TPSA) is 77.4 Å². The minimum absolute atomic E-state index is 0.121. The van der Waals surface area contributed by atoms with E-state index in [4.69, 9.17) is 18.9 Å². The molecule has 0 atom stereocenters. The van der Waals surface area contributed by atoms with Gasteiger partial charge in [-0.15, -0.1) is 0 Å². The highest BCUT2D eigenvalue weighted by molar-refractivity contribution is 6.01. The van der Waals surface area contributed by atoms with Crippen molar-refractivity contribution in [3.05, 3.63) is 59.7 Å². The molecule has 4 aromatic carbocycles. The number of fused-ring (bicyclic) bond motifs is 2. The number of phenols is 2. The van der Waals surface area contributed by atoms with Crippen LogP contribution in [0.5, 0.6) is 34.5 Å². The molecule has 4 aromatic rings. The number of phenolic OH excluding ortho intramolecular Hbond substituents is 2. The molecule has 0 amide bonds. The summed E-state index contributed by atoms with van der Waals surface area (Å²) in [7, 11) is 6.42. The van der Waals surface area contributed by atoms with Gasteiger partial charge in [0.1, 0.15) is 34.5 Å². The molecule has 0 spiro atoms. The third kappa shape index (κ3) is 5.00. The zero-order valence-corrected chi connectivity index (χ0v) is 23.0. The first-order valence-electron chi connectivity index (χ1n) is 13.2. The molecular formula is C32H38O6. The molecule has 38 heavy (non-hydrogen) atoms. The molecule has 0 fully saturated rings. The van der Waals surface area contributed by atoms with Crippen molar-refractivity contribution in [3.8, 4) is 34.5 Å². The van der Waals surface area contributed by atoms with Crippen LogP contribution in [0.3, 0.4) is 0 Å². The summed E-state index contributed by atoms with van der Waals surface area (Å²) in [4.78, 5) is 0. The van der Waals surface area contributed by atoms with E-state index in [-0.39, 0.29) is 17.4 Å². The van der Waals surface area contributed by atoms with Gasteiger partial charge < -0.3 is 29.2 Å². The fourth-order valence-electron chi connectivity index (χ4n) is 5.46. The predicted octanol–water partition coefficient (Wildman–Crippen LogP) is 7.93. The lowest BCUT2D eigenvalue weighted by atomic mass is 9.83.